The highest BCUT2D eigenvalue weighted by atomic mass is 16.5. The van der Waals surface area contributed by atoms with E-state index in [1.54, 1.807) is 0 Å². The van der Waals surface area contributed by atoms with E-state index in [9.17, 15) is 14.4 Å². The highest BCUT2D eigenvalue weighted by molar-refractivity contribution is 5.86. The normalized spacial score (nSPS) is 47.3. The molecule has 5 rings (SSSR count). The second kappa shape index (κ2) is 9.59. The zero-order valence-corrected chi connectivity index (χ0v) is 26.4. The van der Waals surface area contributed by atoms with Crippen LogP contribution in [0.5, 0.6) is 0 Å². The molecule has 0 aliphatic heterocycles. The van der Waals surface area contributed by atoms with E-state index in [4.69, 9.17) is 14.2 Å². The van der Waals surface area contributed by atoms with Crippen LogP contribution in [0.4, 0.5) is 0 Å². The summed E-state index contributed by atoms with van der Waals surface area (Å²) in [6, 6.07) is 0. The van der Waals surface area contributed by atoms with E-state index in [0.29, 0.717) is 30.6 Å². The van der Waals surface area contributed by atoms with Gasteiger partial charge in [-0.1, -0.05) is 53.2 Å². The third kappa shape index (κ3) is 3.62. The van der Waals surface area contributed by atoms with Crippen LogP contribution < -0.4 is 0 Å². The number of ether oxygens (including phenoxy) is 3. The average Bonchev–Trinajstić information content (AvgIpc) is 2.90. The molecule has 0 spiro atoms. The fourth-order valence-electron chi connectivity index (χ4n) is 11.7. The first-order valence-corrected chi connectivity index (χ1v) is 15.7. The molecule has 0 aromatic heterocycles. The zero-order valence-electron chi connectivity index (χ0n) is 26.4. The highest BCUT2D eigenvalue weighted by Gasteiger charge is 2.73. The van der Waals surface area contributed by atoms with E-state index >= 15 is 0 Å². The van der Waals surface area contributed by atoms with E-state index in [-0.39, 0.29) is 52.1 Å². The minimum absolute atomic E-state index is 0.00143. The van der Waals surface area contributed by atoms with Crippen LogP contribution in [0.3, 0.4) is 0 Å². The van der Waals surface area contributed by atoms with Crippen molar-refractivity contribution in [3.8, 4) is 0 Å². The molecule has 6 heteroatoms. The van der Waals surface area contributed by atoms with Gasteiger partial charge in [-0.05, 0) is 98.2 Å². The number of esters is 3. The first-order chi connectivity index (χ1) is 18.7. The maximum atomic E-state index is 14.3. The van der Waals surface area contributed by atoms with Gasteiger partial charge in [-0.2, -0.15) is 0 Å². The van der Waals surface area contributed by atoms with E-state index < -0.39 is 10.8 Å². The first kappa shape index (κ1) is 29.6. The van der Waals surface area contributed by atoms with Gasteiger partial charge < -0.3 is 14.2 Å². The Morgan fingerprint density at radius 3 is 2.12 bits per heavy atom. The Labute approximate surface area is 241 Å². The van der Waals surface area contributed by atoms with Crippen LogP contribution in [0.25, 0.3) is 0 Å². The lowest BCUT2D eigenvalue weighted by Gasteiger charge is -2.70. The first-order valence-electron chi connectivity index (χ1n) is 15.7. The number of fused-ring (bicyclic) bond motifs is 7. The van der Waals surface area contributed by atoms with Gasteiger partial charge in [0, 0.05) is 12.3 Å². The summed E-state index contributed by atoms with van der Waals surface area (Å²) in [5.74, 6) is 0.962. The Hall–Kier alpha value is -1.85. The molecular formula is C34H52O6. The highest BCUT2D eigenvalue weighted by Crippen LogP contribution is 2.76. The number of methoxy groups -OCH3 is 2. The zero-order chi connectivity index (χ0) is 29.5. The number of allylic oxidation sites excluding steroid dienone is 1. The molecule has 0 saturated heterocycles. The lowest BCUT2D eigenvalue weighted by Crippen LogP contribution is -2.68. The van der Waals surface area contributed by atoms with Crippen molar-refractivity contribution in [2.24, 2.45) is 56.7 Å². The SMILES string of the molecule is COC(=O)[C@]12CC[C@H](C)[C@H](C)[C@@H]1C1=CC[C@@H]3[C@]4(C)CC[C@H](OC(C)=O)C(C)(C)[C@@H]4CC[C@]3(C)[C@]1(C(=O)OC)CC2. The largest absolute Gasteiger partial charge is 0.469 e. The van der Waals surface area contributed by atoms with E-state index in [1.807, 2.05) is 0 Å². The van der Waals surface area contributed by atoms with Gasteiger partial charge in [-0.3, -0.25) is 14.4 Å². The van der Waals surface area contributed by atoms with Gasteiger partial charge >= 0.3 is 17.9 Å². The molecule has 5 aliphatic carbocycles. The molecule has 40 heavy (non-hydrogen) atoms. The summed E-state index contributed by atoms with van der Waals surface area (Å²) in [7, 11) is 3.05. The topological polar surface area (TPSA) is 78.9 Å². The van der Waals surface area contributed by atoms with Gasteiger partial charge in [-0.25, -0.2) is 0 Å². The predicted octanol–water partition coefficient (Wildman–Crippen LogP) is 6.90. The third-order valence-corrected chi connectivity index (χ3v) is 13.8. The molecule has 0 bridgehead atoms. The molecule has 0 amide bonds. The maximum absolute atomic E-state index is 14.3. The smallest absolute Gasteiger partial charge is 0.316 e. The fourth-order valence-corrected chi connectivity index (χ4v) is 11.7. The van der Waals surface area contributed by atoms with E-state index in [2.05, 4.69) is 47.6 Å². The molecule has 0 heterocycles. The third-order valence-electron chi connectivity index (χ3n) is 13.8. The van der Waals surface area contributed by atoms with Crippen LogP contribution in [-0.2, 0) is 28.6 Å². The maximum Gasteiger partial charge on any atom is 0.316 e. The predicted molar refractivity (Wildman–Crippen MR) is 153 cm³/mol. The summed E-state index contributed by atoms with van der Waals surface area (Å²) in [4.78, 5) is 39.9. The molecule has 10 atom stereocenters. The minimum Gasteiger partial charge on any atom is -0.469 e. The summed E-state index contributed by atoms with van der Waals surface area (Å²) in [5, 5.41) is 0. The molecule has 5 aliphatic rings. The molecule has 0 radical (unpaired) electrons. The Morgan fingerprint density at radius 2 is 1.50 bits per heavy atom. The fraction of sp³-hybridized carbons (Fsp3) is 0.853. The van der Waals surface area contributed by atoms with E-state index in [0.717, 1.165) is 44.9 Å². The van der Waals surface area contributed by atoms with Crippen LogP contribution in [0, 0.1) is 56.7 Å². The molecule has 6 nitrogen and oxygen atoms in total. The Balaban J connectivity index is 1.65. The van der Waals surface area contributed by atoms with Crippen molar-refractivity contribution in [3.05, 3.63) is 11.6 Å². The Bertz CT molecular complexity index is 1110. The molecule has 224 valence electrons. The van der Waals surface area contributed by atoms with Crippen LogP contribution in [0.15, 0.2) is 11.6 Å². The number of carbonyl (C=O) groups excluding carboxylic acids is 3. The average molecular weight is 557 g/mol. The number of rotatable bonds is 3. The minimum atomic E-state index is -0.747. The summed E-state index contributed by atoms with van der Waals surface area (Å²) in [6.45, 7) is 15.5. The quantitative estimate of drug-likeness (QED) is 0.214. The van der Waals surface area contributed by atoms with Gasteiger partial charge in [0.25, 0.3) is 0 Å². The van der Waals surface area contributed by atoms with Crippen molar-refractivity contribution in [1.29, 1.82) is 0 Å². The molecule has 4 saturated carbocycles. The molecule has 0 aromatic rings. The molecule has 0 unspecified atom stereocenters. The van der Waals surface area contributed by atoms with Gasteiger partial charge in [0.1, 0.15) is 6.10 Å². The molecule has 0 aromatic carbocycles. The van der Waals surface area contributed by atoms with Gasteiger partial charge in [-0.15, -0.1) is 0 Å². The van der Waals surface area contributed by atoms with Crippen LogP contribution >= 0.6 is 0 Å². The van der Waals surface area contributed by atoms with Crippen molar-refractivity contribution in [2.45, 2.75) is 112 Å². The van der Waals surface area contributed by atoms with Crippen molar-refractivity contribution in [2.75, 3.05) is 14.2 Å². The lowest BCUT2D eigenvalue weighted by molar-refractivity contribution is -0.222. The van der Waals surface area contributed by atoms with Crippen molar-refractivity contribution >= 4 is 17.9 Å². The number of hydrogen-bond acceptors (Lipinski definition) is 6. The summed E-state index contributed by atoms with van der Waals surface area (Å²) in [5.41, 5.74) is -0.589. The second-order valence-electron chi connectivity index (χ2n) is 15.3. The van der Waals surface area contributed by atoms with Crippen LogP contribution in [-0.4, -0.2) is 38.2 Å². The van der Waals surface area contributed by atoms with Gasteiger partial charge in [0.15, 0.2) is 0 Å². The van der Waals surface area contributed by atoms with E-state index in [1.165, 1.54) is 26.7 Å². The van der Waals surface area contributed by atoms with Crippen molar-refractivity contribution < 1.29 is 28.6 Å². The Kier molecular flexibility index (Phi) is 7.11. The van der Waals surface area contributed by atoms with Crippen LogP contribution in [0.1, 0.15) is 106 Å². The Morgan fingerprint density at radius 1 is 0.825 bits per heavy atom. The summed E-state index contributed by atoms with van der Waals surface area (Å²) in [6.07, 6.45) is 10.0. The number of hydrogen-bond donors (Lipinski definition) is 0. The van der Waals surface area contributed by atoms with Crippen LogP contribution in [0.2, 0.25) is 0 Å². The monoisotopic (exact) mass is 556 g/mol. The molecular weight excluding hydrogens is 504 g/mol. The number of carbonyl (C=O) groups is 3. The molecule has 0 N–H and O–H groups in total. The van der Waals surface area contributed by atoms with Crippen molar-refractivity contribution in [3.63, 3.8) is 0 Å². The lowest BCUT2D eigenvalue weighted by atomic mass is 9.33. The standard InChI is InChI=1S/C34H52O6/c1-20-12-17-33(28(36)38-8)18-19-34(29(37)39-9)23(27(33)21(20)2)10-11-25-31(6)15-14-26(40-22(3)35)30(4,5)24(31)13-16-32(25,34)7/h10,20-21,24-27H,11-19H2,1-9H3/t20-,21-,24-,25+,26-,27+,31+,32-,33-,34+/m0/s1. The van der Waals surface area contributed by atoms with Gasteiger partial charge in [0.05, 0.1) is 25.0 Å². The van der Waals surface area contributed by atoms with Gasteiger partial charge in [0.2, 0.25) is 0 Å². The molecule has 4 fully saturated rings. The van der Waals surface area contributed by atoms with Crippen molar-refractivity contribution in [1.82, 2.24) is 0 Å². The summed E-state index contributed by atoms with van der Waals surface area (Å²) < 4.78 is 17.1. The summed E-state index contributed by atoms with van der Waals surface area (Å²) >= 11 is 0. The second-order valence-corrected chi connectivity index (χ2v) is 15.3.